The zero-order valence-electron chi connectivity index (χ0n) is 9.52. The van der Waals surface area contributed by atoms with E-state index in [4.69, 9.17) is 0 Å². The number of rotatable bonds is 6. The van der Waals surface area contributed by atoms with Gasteiger partial charge in [-0.25, -0.2) is 10.1 Å². The zero-order valence-corrected chi connectivity index (χ0v) is 9.52. The third-order valence-electron chi connectivity index (χ3n) is 2.09. The fourth-order valence-electron chi connectivity index (χ4n) is 1.22. The van der Waals surface area contributed by atoms with Crippen molar-refractivity contribution in [3.63, 3.8) is 0 Å². The molecule has 2 amide bonds. The van der Waals surface area contributed by atoms with Crippen molar-refractivity contribution in [2.45, 2.75) is 26.6 Å². The van der Waals surface area contributed by atoms with Crippen molar-refractivity contribution >= 4 is 6.03 Å². The highest BCUT2D eigenvalue weighted by molar-refractivity contribution is 5.74. The lowest BCUT2D eigenvalue weighted by molar-refractivity contribution is -0.145. The summed E-state index contributed by atoms with van der Waals surface area (Å²) in [6.45, 7) is 6.80. The third-order valence-corrected chi connectivity index (χ3v) is 2.09. The Morgan fingerprint density at radius 1 is 1.25 bits per heavy atom. The maximum absolute atomic E-state index is 11.7. The van der Waals surface area contributed by atoms with Crippen molar-refractivity contribution in [3.8, 4) is 0 Å². The minimum atomic E-state index is -4.66. The Hall–Kier alpha value is -0.980. The number of hydrogen-bond acceptors (Lipinski definition) is 2. The minimum absolute atomic E-state index is 0.235. The van der Waals surface area contributed by atoms with Crippen molar-refractivity contribution in [2.24, 2.45) is 0 Å². The van der Waals surface area contributed by atoms with Crippen LogP contribution in [-0.4, -0.2) is 43.4 Å². The molecule has 0 heterocycles. The van der Waals surface area contributed by atoms with Gasteiger partial charge in [0.15, 0.2) is 0 Å². The van der Waals surface area contributed by atoms with Crippen LogP contribution in [0.5, 0.6) is 0 Å². The second-order valence-electron chi connectivity index (χ2n) is 3.26. The number of halogens is 3. The molecule has 0 aromatic heterocycles. The number of carbonyl (C=O) groups is 1. The second kappa shape index (κ2) is 7.32. The molecule has 0 aromatic carbocycles. The Kier molecular flexibility index (Phi) is 6.87. The van der Waals surface area contributed by atoms with E-state index in [2.05, 4.69) is 10.2 Å². The van der Waals surface area contributed by atoms with Gasteiger partial charge in [-0.15, -0.1) is 0 Å². The monoisotopic (exact) mass is 241 g/mol. The number of hydrogen-bond donors (Lipinski definition) is 2. The van der Waals surface area contributed by atoms with Gasteiger partial charge in [-0.05, 0) is 26.1 Å². The van der Waals surface area contributed by atoms with E-state index in [0.29, 0.717) is 6.42 Å². The van der Waals surface area contributed by atoms with Gasteiger partial charge in [0.25, 0.3) is 0 Å². The molecule has 0 rings (SSSR count). The van der Waals surface area contributed by atoms with Crippen molar-refractivity contribution < 1.29 is 18.0 Å². The minimum Gasteiger partial charge on any atom is -0.338 e. The summed E-state index contributed by atoms with van der Waals surface area (Å²) in [6.07, 6.45) is -4.03. The van der Waals surface area contributed by atoms with Crippen LogP contribution in [0.4, 0.5) is 18.0 Å². The molecule has 0 fully saturated rings. The van der Waals surface area contributed by atoms with E-state index >= 15 is 0 Å². The summed E-state index contributed by atoms with van der Waals surface area (Å²) < 4.78 is 35.0. The predicted octanol–water partition coefficient (Wildman–Crippen LogP) is 1.54. The quantitative estimate of drug-likeness (QED) is 0.547. The predicted molar refractivity (Wildman–Crippen MR) is 55.0 cm³/mol. The van der Waals surface area contributed by atoms with Crippen molar-refractivity contribution in [1.29, 1.82) is 0 Å². The van der Waals surface area contributed by atoms with Gasteiger partial charge in [-0.1, -0.05) is 13.8 Å². The molecule has 0 radical (unpaired) electrons. The number of urea groups is 1. The molecule has 0 unspecified atom stereocenters. The molecular weight excluding hydrogens is 223 g/mol. The Balaban J connectivity index is 3.55. The molecule has 96 valence electrons. The first-order valence-electron chi connectivity index (χ1n) is 5.24. The number of nitrogens with zero attached hydrogens (tertiary/aromatic N) is 1. The number of nitrogens with one attached hydrogen (secondary N) is 2. The van der Waals surface area contributed by atoms with Crippen LogP contribution in [-0.2, 0) is 0 Å². The molecule has 0 aromatic rings. The molecule has 0 saturated heterocycles. The van der Waals surface area contributed by atoms with Crippen LogP contribution in [0.2, 0.25) is 0 Å². The lowest BCUT2D eigenvalue weighted by Crippen LogP contribution is -2.44. The van der Waals surface area contributed by atoms with Gasteiger partial charge in [-0.2, -0.15) is 13.2 Å². The third kappa shape index (κ3) is 8.34. The summed E-state index contributed by atoms with van der Waals surface area (Å²) >= 11 is 0. The van der Waals surface area contributed by atoms with E-state index in [-0.39, 0.29) is 6.54 Å². The van der Waals surface area contributed by atoms with Gasteiger partial charge < -0.3 is 10.2 Å². The Bertz CT molecular complexity index is 205. The molecule has 0 aliphatic carbocycles. The molecule has 0 bridgehead atoms. The van der Waals surface area contributed by atoms with E-state index in [1.807, 2.05) is 13.8 Å². The molecule has 0 spiro atoms. The molecule has 16 heavy (non-hydrogen) atoms. The molecule has 0 aliphatic rings. The average Bonchev–Trinajstić information content (AvgIpc) is 2.15. The summed E-state index contributed by atoms with van der Waals surface area (Å²) in [5, 5.41) is 3.02. The van der Waals surface area contributed by atoms with Crippen LogP contribution < -0.4 is 10.6 Å². The van der Waals surface area contributed by atoms with Crippen LogP contribution in [0.1, 0.15) is 20.3 Å². The van der Waals surface area contributed by atoms with E-state index in [1.54, 1.807) is 0 Å². The van der Waals surface area contributed by atoms with Gasteiger partial charge >= 0.3 is 12.3 Å². The highest BCUT2D eigenvalue weighted by Crippen LogP contribution is 2.08. The summed E-state index contributed by atoms with van der Waals surface area (Å²) in [5.41, 5.74) is 0. The lowest BCUT2D eigenvalue weighted by atomic mass is 10.3. The summed E-state index contributed by atoms with van der Waals surface area (Å²) in [7, 11) is 0. The molecule has 0 saturated carbocycles. The van der Waals surface area contributed by atoms with Gasteiger partial charge in [0.2, 0.25) is 0 Å². The summed E-state index contributed by atoms with van der Waals surface area (Å²) in [4.78, 5) is 12.8. The smallest absolute Gasteiger partial charge is 0.338 e. The molecule has 7 heteroatoms. The maximum atomic E-state index is 11.7. The molecular formula is C9H18F3N3O. The molecule has 2 N–H and O–H groups in total. The first-order valence-corrected chi connectivity index (χ1v) is 5.24. The standard InChI is InChI=1S/C9H18F3N3O/c1-3-15(4-2)7-5-6-13-8(16)14-9(10,11)12/h3-7H2,1-2H3,(H2,13,14,16). The first-order chi connectivity index (χ1) is 7.39. The van der Waals surface area contributed by atoms with Crippen LogP contribution in [0, 0.1) is 0 Å². The second-order valence-corrected chi connectivity index (χ2v) is 3.26. The first kappa shape index (κ1) is 15.0. The van der Waals surface area contributed by atoms with E-state index < -0.39 is 12.3 Å². The Morgan fingerprint density at radius 3 is 2.25 bits per heavy atom. The average molecular weight is 241 g/mol. The SMILES string of the molecule is CCN(CC)CCCNC(=O)NC(F)(F)F. The normalized spacial score (nSPS) is 11.6. The Morgan fingerprint density at radius 2 is 1.81 bits per heavy atom. The summed E-state index contributed by atoms with van der Waals surface area (Å²) in [5.74, 6) is 0. The van der Waals surface area contributed by atoms with Crippen molar-refractivity contribution in [1.82, 2.24) is 15.5 Å². The maximum Gasteiger partial charge on any atom is 0.485 e. The van der Waals surface area contributed by atoms with Gasteiger partial charge in [0.05, 0.1) is 0 Å². The molecule has 4 nitrogen and oxygen atoms in total. The number of carbonyl (C=O) groups excluding carboxylic acids is 1. The van der Waals surface area contributed by atoms with Crippen LogP contribution in [0.3, 0.4) is 0 Å². The fraction of sp³-hybridized carbons (Fsp3) is 0.889. The van der Waals surface area contributed by atoms with E-state index in [1.165, 1.54) is 0 Å². The van der Waals surface area contributed by atoms with E-state index in [0.717, 1.165) is 25.0 Å². The van der Waals surface area contributed by atoms with Crippen LogP contribution >= 0.6 is 0 Å². The highest BCUT2D eigenvalue weighted by Gasteiger charge is 2.29. The molecule has 0 atom stereocenters. The van der Waals surface area contributed by atoms with Crippen molar-refractivity contribution in [2.75, 3.05) is 26.2 Å². The lowest BCUT2D eigenvalue weighted by Gasteiger charge is -2.17. The van der Waals surface area contributed by atoms with Crippen molar-refractivity contribution in [3.05, 3.63) is 0 Å². The summed E-state index contributed by atoms with van der Waals surface area (Å²) in [6, 6.07) is -1.20. The Labute approximate surface area is 93.2 Å². The fourth-order valence-corrected chi connectivity index (χ4v) is 1.22. The number of amides is 2. The van der Waals surface area contributed by atoms with Gasteiger partial charge in [0.1, 0.15) is 0 Å². The number of alkyl halides is 3. The largest absolute Gasteiger partial charge is 0.485 e. The van der Waals surface area contributed by atoms with Crippen LogP contribution in [0.15, 0.2) is 0 Å². The highest BCUT2D eigenvalue weighted by atomic mass is 19.4. The van der Waals surface area contributed by atoms with Crippen LogP contribution in [0.25, 0.3) is 0 Å². The van der Waals surface area contributed by atoms with E-state index in [9.17, 15) is 18.0 Å². The molecule has 0 aliphatic heterocycles. The van der Waals surface area contributed by atoms with Gasteiger partial charge in [0, 0.05) is 6.54 Å². The topological polar surface area (TPSA) is 44.4 Å². The van der Waals surface area contributed by atoms with Gasteiger partial charge in [-0.3, -0.25) is 0 Å². The zero-order chi connectivity index (χ0) is 12.6.